The molecule has 0 aromatic heterocycles. The Labute approximate surface area is 119 Å². The summed E-state index contributed by atoms with van der Waals surface area (Å²) in [4.78, 5) is 26.0. The highest BCUT2D eigenvalue weighted by Crippen LogP contribution is 2.26. The molecule has 6 nitrogen and oxygen atoms in total. The Kier molecular flexibility index (Phi) is 4.99. The van der Waals surface area contributed by atoms with E-state index >= 15 is 0 Å². The van der Waals surface area contributed by atoms with E-state index in [4.69, 9.17) is 9.47 Å². The number of hydrogen-bond donors (Lipinski definition) is 1. The van der Waals surface area contributed by atoms with E-state index in [1.807, 2.05) is 13.8 Å². The largest absolute Gasteiger partial charge is 0.459 e. The van der Waals surface area contributed by atoms with Crippen molar-refractivity contribution in [2.45, 2.75) is 45.4 Å². The number of carbonyl (C=O) groups excluding carboxylic acids is 2. The van der Waals surface area contributed by atoms with Gasteiger partial charge in [-0.25, -0.2) is 0 Å². The predicted molar refractivity (Wildman–Crippen MR) is 73.1 cm³/mol. The van der Waals surface area contributed by atoms with Gasteiger partial charge in [-0.3, -0.25) is 14.5 Å². The molecule has 3 atom stereocenters. The van der Waals surface area contributed by atoms with Crippen LogP contribution in [0.5, 0.6) is 0 Å². The summed E-state index contributed by atoms with van der Waals surface area (Å²) in [5.74, 6) is -0.101. The number of ether oxygens (including phenoxy) is 2. The third-order valence-electron chi connectivity index (χ3n) is 3.93. The molecule has 1 amide bonds. The molecular weight excluding hydrogens is 260 g/mol. The van der Waals surface area contributed by atoms with Gasteiger partial charge in [-0.2, -0.15) is 0 Å². The van der Waals surface area contributed by atoms with Crippen LogP contribution in [0.15, 0.2) is 0 Å². The fraction of sp³-hybridized carbons (Fsp3) is 0.857. The van der Waals surface area contributed by atoms with E-state index in [1.165, 1.54) is 0 Å². The van der Waals surface area contributed by atoms with Crippen molar-refractivity contribution in [2.75, 3.05) is 26.3 Å². The highest BCUT2D eigenvalue weighted by atomic mass is 16.6. The van der Waals surface area contributed by atoms with Gasteiger partial charge in [-0.15, -0.1) is 0 Å². The van der Waals surface area contributed by atoms with Crippen LogP contribution in [0.3, 0.4) is 0 Å². The molecule has 0 unspecified atom stereocenters. The van der Waals surface area contributed by atoms with Crippen LogP contribution in [-0.2, 0) is 19.1 Å². The molecule has 0 bridgehead atoms. The molecule has 0 spiro atoms. The smallest absolute Gasteiger partial charge is 0.326 e. The Hall–Kier alpha value is -1.14. The second kappa shape index (κ2) is 6.54. The number of hydrogen-bond acceptors (Lipinski definition) is 5. The average molecular weight is 284 g/mol. The van der Waals surface area contributed by atoms with Gasteiger partial charge in [0.2, 0.25) is 5.91 Å². The Bertz CT molecular complexity index is 366. The molecule has 2 fully saturated rings. The van der Waals surface area contributed by atoms with Crippen molar-refractivity contribution in [1.29, 1.82) is 0 Å². The number of morpholine rings is 1. The molecule has 1 N–H and O–H groups in total. The van der Waals surface area contributed by atoms with Crippen LogP contribution in [0.4, 0.5) is 0 Å². The lowest BCUT2D eigenvalue weighted by Gasteiger charge is -2.34. The van der Waals surface area contributed by atoms with E-state index in [0.29, 0.717) is 32.7 Å². The highest BCUT2D eigenvalue weighted by Gasteiger charge is 2.49. The van der Waals surface area contributed by atoms with Gasteiger partial charge in [0.15, 0.2) is 0 Å². The fourth-order valence-electron chi connectivity index (χ4n) is 2.84. The van der Waals surface area contributed by atoms with Crippen molar-refractivity contribution in [3.05, 3.63) is 0 Å². The number of esters is 1. The maximum absolute atomic E-state index is 12.2. The molecule has 2 saturated heterocycles. The number of nitrogens with zero attached hydrogens (tertiary/aromatic N) is 1. The summed E-state index contributed by atoms with van der Waals surface area (Å²) in [7, 11) is 0. The highest BCUT2D eigenvalue weighted by molar-refractivity contribution is 5.82. The topological polar surface area (TPSA) is 67.9 Å². The van der Waals surface area contributed by atoms with Crippen LogP contribution < -0.4 is 5.32 Å². The van der Waals surface area contributed by atoms with Gasteiger partial charge in [-0.1, -0.05) is 20.8 Å². The zero-order valence-electron chi connectivity index (χ0n) is 12.4. The van der Waals surface area contributed by atoms with E-state index in [9.17, 15) is 9.59 Å². The molecule has 2 rings (SSSR count). The summed E-state index contributed by atoms with van der Waals surface area (Å²) in [5.41, 5.74) is 0. The molecule has 2 heterocycles. The van der Waals surface area contributed by atoms with E-state index in [-0.39, 0.29) is 36.0 Å². The summed E-state index contributed by atoms with van der Waals surface area (Å²) in [5, 5.41) is 2.97. The van der Waals surface area contributed by atoms with E-state index in [0.717, 1.165) is 0 Å². The molecule has 0 radical (unpaired) electrons. The van der Waals surface area contributed by atoms with E-state index in [1.54, 1.807) is 6.92 Å². The van der Waals surface area contributed by atoms with Crippen molar-refractivity contribution < 1.29 is 19.1 Å². The molecule has 20 heavy (non-hydrogen) atoms. The Balaban J connectivity index is 2.16. The number of cyclic esters (lactones) is 1. The molecule has 0 aliphatic carbocycles. The third kappa shape index (κ3) is 3.12. The zero-order chi connectivity index (χ0) is 14.7. The maximum atomic E-state index is 12.2. The van der Waals surface area contributed by atoms with Crippen molar-refractivity contribution in [3.63, 3.8) is 0 Å². The Morgan fingerprint density at radius 3 is 2.60 bits per heavy atom. The third-order valence-corrected chi connectivity index (χ3v) is 3.93. The number of nitrogens with one attached hydrogen (secondary N) is 1. The first-order valence-corrected chi connectivity index (χ1v) is 7.36. The summed E-state index contributed by atoms with van der Waals surface area (Å²) in [6.07, 6.45) is 0.150. The number of amides is 1. The van der Waals surface area contributed by atoms with Gasteiger partial charge in [0.05, 0.1) is 19.3 Å². The van der Waals surface area contributed by atoms with E-state index in [2.05, 4.69) is 10.2 Å². The average Bonchev–Trinajstić information content (AvgIpc) is 2.76. The SMILES string of the molecule is CCC(=O)N[C@@H]1[C@@H](C(C)C)OC(=O)[C@@H]1N1CCOCC1. The van der Waals surface area contributed by atoms with Crippen LogP contribution in [0, 0.1) is 5.92 Å². The van der Waals surface area contributed by atoms with E-state index < -0.39 is 0 Å². The summed E-state index contributed by atoms with van der Waals surface area (Å²) in [6.45, 7) is 8.44. The van der Waals surface area contributed by atoms with Crippen LogP contribution in [0.25, 0.3) is 0 Å². The normalized spacial score (nSPS) is 31.4. The first-order valence-electron chi connectivity index (χ1n) is 7.36. The molecule has 114 valence electrons. The van der Waals surface area contributed by atoms with Gasteiger partial charge in [-0.05, 0) is 5.92 Å². The number of rotatable bonds is 4. The van der Waals surface area contributed by atoms with Gasteiger partial charge < -0.3 is 14.8 Å². The lowest BCUT2D eigenvalue weighted by atomic mass is 9.95. The minimum Gasteiger partial charge on any atom is -0.459 e. The molecule has 0 saturated carbocycles. The quantitative estimate of drug-likeness (QED) is 0.745. The second-order valence-corrected chi connectivity index (χ2v) is 5.69. The van der Waals surface area contributed by atoms with Gasteiger partial charge in [0.25, 0.3) is 0 Å². The first-order chi connectivity index (χ1) is 9.54. The lowest BCUT2D eigenvalue weighted by molar-refractivity contribution is -0.147. The first kappa shape index (κ1) is 15.3. The summed E-state index contributed by atoms with van der Waals surface area (Å²) >= 11 is 0. The van der Waals surface area contributed by atoms with Crippen molar-refractivity contribution in [2.24, 2.45) is 5.92 Å². The Morgan fingerprint density at radius 1 is 1.40 bits per heavy atom. The summed E-state index contributed by atoms with van der Waals surface area (Å²) in [6, 6.07) is -0.658. The molecular formula is C14H24N2O4. The molecule has 2 aliphatic heterocycles. The van der Waals surface area contributed by atoms with Crippen molar-refractivity contribution in [3.8, 4) is 0 Å². The maximum Gasteiger partial charge on any atom is 0.326 e. The minimum absolute atomic E-state index is 0.0443. The minimum atomic E-state index is -0.387. The molecule has 0 aromatic rings. The monoisotopic (exact) mass is 284 g/mol. The van der Waals surface area contributed by atoms with Crippen LogP contribution in [0.2, 0.25) is 0 Å². The Morgan fingerprint density at radius 2 is 2.05 bits per heavy atom. The lowest BCUT2D eigenvalue weighted by Crippen LogP contribution is -2.57. The van der Waals surface area contributed by atoms with Crippen LogP contribution in [-0.4, -0.2) is 61.3 Å². The van der Waals surface area contributed by atoms with Crippen molar-refractivity contribution >= 4 is 11.9 Å². The van der Waals surface area contributed by atoms with Gasteiger partial charge in [0.1, 0.15) is 12.1 Å². The van der Waals surface area contributed by atoms with Crippen LogP contribution >= 0.6 is 0 Å². The van der Waals surface area contributed by atoms with Gasteiger partial charge >= 0.3 is 5.97 Å². The molecule has 0 aromatic carbocycles. The molecule has 6 heteroatoms. The predicted octanol–water partition coefficient (Wildman–Crippen LogP) is 0.163. The standard InChI is InChI=1S/C14H24N2O4/c1-4-10(17)15-11-12(16-5-7-19-8-6-16)14(18)20-13(11)9(2)3/h9,11-13H,4-8H2,1-3H3,(H,15,17)/t11-,12+,13+/m0/s1. The van der Waals surface area contributed by atoms with Crippen LogP contribution in [0.1, 0.15) is 27.2 Å². The summed E-state index contributed by atoms with van der Waals surface area (Å²) < 4.78 is 10.8. The van der Waals surface area contributed by atoms with Gasteiger partial charge in [0, 0.05) is 19.5 Å². The zero-order valence-corrected chi connectivity index (χ0v) is 12.4. The fourth-order valence-corrected chi connectivity index (χ4v) is 2.84. The molecule has 2 aliphatic rings. The second-order valence-electron chi connectivity index (χ2n) is 5.69. The number of carbonyl (C=O) groups is 2. The van der Waals surface area contributed by atoms with Crippen molar-refractivity contribution in [1.82, 2.24) is 10.2 Å².